The van der Waals surface area contributed by atoms with Gasteiger partial charge in [-0.3, -0.25) is 19.3 Å². The smallest absolute Gasteiger partial charge is 0.417 e. The van der Waals surface area contributed by atoms with Gasteiger partial charge in [0, 0.05) is 24.9 Å². The Balaban J connectivity index is 1.60. The minimum absolute atomic E-state index is 0.264. The lowest BCUT2D eigenvalue weighted by molar-refractivity contribution is -0.136. The van der Waals surface area contributed by atoms with Crippen LogP contribution in [0.3, 0.4) is 0 Å². The highest BCUT2D eigenvalue weighted by atomic mass is 19.4. The number of alkyl halides is 3. The number of amides is 1. The SMILES string of the molecule is O=C(Nc1ccn(CC2CC2)n1)c1cc2c(C(F)(F)F)cc(=O)[nH]c2o1. The molecule has 1 aliphatic carbocycles. The summed E-state index contributed by atoms with van der Waals surface area (Å²) < 4.78 is 46.0. The average molecular weight is 366 g/mol. The number of nitrogens with zero attached hydrogens (tertiary/aromatic N) is 2. The minimum Gasteiger partial charge on any atom is -0.434 e. The maximum atomic E-state index is 13.1. The number of rotatable bonds is 4. The Morgan fingerprint density at radius 2 is 2.15 bits per heavy atom. The molecule has 3 aromatic rings. The van der Waals surface area contributed by atoms with Crippen LogP contribution in [0.2, 0.25) is 0 Å². The minimum atomic E-state index is -4.74. The first kappa shape index (κ1) is 16.4. The Kier molecular flexibility index (Phi) is 3.63. The number of furan rings is 1. The molecule has 0 unspecified atom stereocenters. The number of aromatic nitrogens is 3. The van der Waals surface area contributed by atoms with Gasteiger partial charge in [-0.15, -0.1) is 0 Å². The molecule has 0 aliphatic heterocycles. The molecule has 1 amide bonds. The number of hydrogen-bond donors (Lipinski definition) is 2. The summed E-state index contributed by atoms with van der Waals surface area (Å²) in [6.07, 6.45) is -0.724. The molecule has 3 heterocycles. The number of carbonyl (C=O) groups excluding carboxylic acids is 1. The maximum Gasteiger partial charge on any atom is 0.417 e. The summed E-state index contributed by atoms with van der Waals surface area (Å²) in [6, 6.07) is 2.97. The average Bonchev–Trinajstić information content (AvgIpc) is 3.08. The number of hydrogen-bond acceptors (Lipinski definition) is 4. The molecule has 1 saturated carbocycles. The van der Waals surface area contributed by atoms with Crippen LogP contribution in [-0.2, 0) is 12.7 Å². The first-order valence-corrected chi connectivity index (χ1v) is 7.88. The van der Waals surface area contributed by atoms with Crippen LogP contribution in [0.5, 0.6) is 0 Å². The van der Waals surface area contributed by atoms with Crippen LogP contribution in [0, 0.1) is 5.92 Å². The van der Waals surface area contributed by atoms with Gasteiger partial charge in [0.25, 0.3) is 11.5 Å². The van der Waals surface area contributed by atoms with Gasteiger partial charge in [0.2, 0.25) is 5.71 Å². The number of H-pyrrole nitrogens is 1. The summed E-state index contributed by atoms with van der Waals surface area (Å²) in [5.74, 6) is -0.247. The van der Waals surface area contributed by atoms with Crippen molar-refractivity contribution in [1.82, 2.24) is 14.8 Å². The van der Waals surface area contributed by atoms with E-state index in [4.69, 9.17) is 4.42 Å². The topological polar surface area (TPSA) is 92.9 Å². The molecular weight excluding hydrogens is 353 g/mol. The van der Waals surface area contributed by atoms with E-state index < -0.39 is 28.9 Å². The molecule has 2 N–H and O–H groups in total. The van der Waals surface area contributed by atoms with Crippen molar-refractivity contribution in [3.63, 3.8) is 0 Å². The molecule has 136 valence electrons. The van der Waals surface area contributed by atoms with Crippen molar-refractivity contribution in [2.75, 3.05) is 5.32 Å². The fraction of sp³-hybridized carbons (Fsp3) is 0.312. The second-order valence-corrected chi connectivity index (χ2v) is 6.22. The standard InChI is InChI=1S/C16H13F3N4O3/c17-16(18,19)10-6-13(24)21-15-9(10)5-11(26-15)14(25)20-12-3-4-23(22-12)7-8-1-2-8/h3-6,8H,1-2,7H2,(H,21,24)(H,20,22,25). The molecule has 26 heavy (non-hydrogen) atoms. The monoisotopic (exact) mass is 366 g/mol. The third-order valence-electron chi connectivity index (χ3n) is 4.09. The quantitative estimate of drug-likeness (QED) is 0.742. The van der Waals surface area contributed by atoms with E-state index in [-0.39, 0.29) is 17.0 Å². The largest absolute Gasteiger partial charge is 0.434 e. The third kappa shape index (κ3) is 3.22. The second kappa shape index (κ2) is 5.75. The zero-order valence-electron chi connectivity index (χ0n) is 13.3. The Labute approximate surface area is 143 Å². The fourth-order valence-corrected chi connectivity index (χ4v) is 2.66. The normalized spacial score (nSPS) is 14.7. The van der Waals surface area contributed by atoms with Gasteiger partial charge in [-0.05, 0) is 24.8 Å². The number of halogens is 3. The van der Waals surface area contributed by atoms with Gasteiger partial charge >= 0.3 is 6.18 Å². The van der Waals surface area contributed by atoms with Crippen LogP contribution in [0.4, 0.5) is 19.0 Å². The summed E-state index contributed by atoms with van der Waals surface area (Å²) in [5, 5.41) is 6.27. The molecule has 1 aliphatic rings. The molecule has 0 bridgehead atoms. The maximum absolute atomic E-state index is 13.1. The zero-order chi connectivity index (χ0) is 18.5. The van der Waals surface area contributed by atoms with E-state index in [1.807, 2.05) is 0 Å². The van der Waals surface area contributed by atoms with E-state index >= 15 is 0 Å². The van der Waals surface area contributed by atoms with Crippen molar-refractivity contribution in [1.29, 1.82) is 0 Å². The molecule has 0 aromatic carbocycles. The summed E-state index contributed by atoms with van der Waals surface area (Å²) in [5.41, 5.74) is -2.54. The summed E-state index contributed by atoms with van der Waals surface area (Å²) >= 11 is 0. The number of aromatic amines is 1. The van der Waals surface area contributed by atoms with E-state index in [0.29, 0.717) is 12.0 Å². The van der Waals surface area contributed by atoms with Gasteiger partial charge in [0.1, 0.15) is 0 Å². The molecule has 3 aromatic heterocycles. The lowest BCUT2D eigenvalue weighted by atomic mass is 10.1. The highest BCUT2D eigenvalue weighted by molar-refractivity contribution is 6.04. The lowest BCUT2D eigenvalue weighted by Crippen LogP contribution is -2.13. The van der Waals surface area contributed by atoms with E-state index in [1.165, 1.54) is 0 Å². The molecular formula is C16H13F3N4O3. The van der Waals surface area contributed by atoms with Crippen molar-refractivity contribution < 1.29 is 22.4 Å². The van der Waals surface area contributed by atoms with Crippen molar-refractivity contribution in [3.05, 3.63) is 46.1 Å². The van der Waals surface area contributed by atoms with E-state index in [1.54, 1.807) is 16.9 Å². The lowest BCUT2D eigenvalue weighted by Gasteiger charge is -2.05. The van der Waals surface area contributed by atoms with Crippen LogP contribution < -0.4 is 10.9 Å². The fourth-order valence-electron chi connectivity index (χ4n) is 2.66. The number of carbonyl (C=O) groups is 1. The zero-order valence-corrected chi connectivity index (χ0v) is 13.3. The first-order chi connectivity index (χ1) is 12.3. The summed E-state index contributed by atoms with van der Waals surface area (Å²) in [6.45, 7) is 0.761. The predicted molar refractivity (Wildman–Crippen MR) is 84.7 cm³/mol. The Morgan fingerprint density at radius 1 is 1.38 bits per heavy atom. The highest BCUT2D eigenvalue weighted by Crippen LogP contribution is 2.34. The van der Waals surface area contributed by atoms with Crippen molar-refractivity contribution in [2.24, 2.45) is 5.92 Å². The highest BCUT2D eigenvalue weighted by Gasteiger charge is 2.34. The number of fused-ring (bicyclic) bond motifs is 1. The Hall–Kier alpha value is -3.04. The van der Waals surface area contributed by atoms with E-state index in [0.717, 1.165) is 25.5 Å². The van der Waals surface area contributed by atoms with Gasteiger partial charge < -0.3 is 9.73 Å². The van der Waals surface area contributed by atoms with Crippen LogP contribution in [0.15, 0.2) is 33.6 Å². The first-order valence-electron chi connectivity index (χ1n) is 7.88. The molecule has 0 atom stereocenters. The molecule has 10 heteroatoms. The second-order valence-electron chi connectivity index (χ2n) is 6.22. The third-order valence-corrected chi connectivity index (χ3v) is 4.09. The molecule has 4 rings (SSSR count). The Morgan fingerprint density at radius 3 is 2.85 bits per heavy atom. The van der Waals surface area contributed by atoms with Crippen LogP contribution in [0.25, 0.3) is 11.1 Å². The van der Waals surface area contributed by atoms with Gasteiger partial charge in [0.15, 0.2) is 11.6 Å². The van der Waals surface area contributed by atoms with Gasteiger partial charge in [0.05, 0.1) is 10.9 Å². The van der Waals surface area contributed by atoms with Crippen LogP contribution in [-0.4, -0.2) is 20.7 Å². The van der Waals surface area contributed by atoms with Crippen LogP contribution >= 0.6 is 0 Å². The van der Waals surface area contributed by atoms with Gasteiger partial charge in [-0.2, -0.15) is 18.3 Å². The molecule has 1 fully saturated rings. The summed E-state index contributed by atoms with van der Waals surface area (Å²) in [4.78, 5) is 25.8. The van der Waals surface area contributed by atoms with E-state index in [9.17, 15) is 22.8 Å². The van der Waals surface area contributed by atoms with Gasteiger partial charge in [-0.1, -0.05) is 0 Å². The van der Waals surface area contributed by atoms with Crippen molar-refractivity contribution >= 4 is 22.8 Å². The molecule has 0 spiro atoms. The van der Waals surface area contributed by atoms with Gasteiger partial charge in [-0.25, -0.2) is 0 Å². The van der Waals surface area contributed by atoms with E-state index in [2.05, 4.69) is 15.4 Å². The number of anilines is 1. The van der Waals surface area contributed by atoms with Crippen LogP contribution in [0.1, 0.15) is 29.0 Å². The molecule has 7 nitrogen and oxygen atoms in total. The van der Waals surface area contributed by atoms with Crippen molar-refractivity contribution in [3.8, 4) is 0 Å². The number of nitrogens with one attached hydrogen (secondary N) is 2. The Bertz CT molecular complexity index is 1040. The van der Waals surface area contributed by atoms with Crippen molar-refractivity contribution in [2.45, 2.75) is 25.6 Å². The molecule has 0 radical (unpaired) electrons. The predicted octanol–water partition coefficient (Wildman–Crippen LogP) is 3.00. The molecule has 0 saturated heterocycles. The summed E-state index contributed by atoms with van der Waals surface area (Å²) in [7, 11) is 0. The number of pyridine rings is 1.